The monoisotopic (exact) mass is 237 g/mol. The Labute approximate surface area is 97.1 Å². The number of hydrogen-bond acceptors (Lipinski definition) is 3. The number of nitrogens with zero attached hydrogens (tertiary/aromatic N) is 1. The average Bonchev–Trinajstić information content (AvgIpc) is 2.26. The van der Waals surface area contributed by atoms with Gasteiger partial charge in [0, 0.05) is 14.1 Å². The lowest BCUT2D eigenvalue weighted by atomic mass is 10.00. The van der Waals surface area contributed by atoms with E-state index in [2.05, 4.69) is 0 Å². The van der Waals surface area contributed by atoms with Crippen LogP contribution in [0.3, 0.4) is 0 Å². The molecule has 0 aliphatic heterocycles. The summed E-state index contributed by atoms with van der Waals surface area (Å²) < 4.78 is 0. The minimum atomic E-state index is -1.44. The van der Waals surface area contributed by atoms with Crippen LogP contribution in [0.4, 0.5) is 0 Å². The van der Waals surface area contributed by atoms with Crippen LogP contribution in [-0.4, -0.2) is 47.1 Å². The van der Waals surface area contributed by atoms with E-state index >= 15 is 0 Å². The first-order valence-corrected chi connectivity index (χ1v) is 4.67. The van der Waals surface area contributed by atoms with Crippen molar-refractivity contribution in [2.24, 2.45) is 0 Å². The van der Waals surface area contributed by atoms with E-state index in [-0.39, 0.29) is 5.56 Å². The third-order valence-corrected chi connectivity index (χ3v) is 2.15. The summed E-state index contributed by atoms with van der Waals surface area (Å²) in [6.45, 7) is 0. The Morgan fingerprint density at radius 2 is 1.53 bits per heavy atom. The second kappa shape index (κ2) is 4.65. The van der Waals surface area contributed by atoms with Crippen molar-refractivity contribution in [3.63, 3.8) is 0 Å². The minimum absolute atomic E-state index is 0.137. The van der Waals surface area contributed by atoms with Gasteiger partial charge in [-0.25, -0.2) is 9.59 Å². The second-order valence-corrected chi connectivity index (χ2v) is 3.54. The molecule has 0 fully saturated rings. The molecule has 2 N–H and O–H groups in total. The Bertz CT molecular complexity index is 493. The second-order valence-electron chi connectivity index (χ2n) is 3.54. The Hall–Kier alpha value is -2.37. The van der Waals surface area contributed by atoms with E-state index in [1.54, 1.807) is 0 Å². The van der Waals surface area contributed by atoms with Crippen LogP contribution in [0.5, 0.6) is 0 Å². The first-order valence-electron chi connectivity index (χ1n) is 4.67. The summed E-state index contributed by atoms with van der Waals surface area (Å²) in [6, 6.07) is 3.78. The summed E-state index contributed by atoms with van der Waals surface area (Å²) in [5, 5.41) is 17.9. The zero-order valence-corrected chi connectivity index (χ0v) is 9.30. The number of hydrogen-bond donors (Lipinski definition) is 2. The molecule has 1 amide bonds. The van der Waals surface area contributed by atoms with Gasteiger partial charge in [0.2, 0.25) is 0 Å². The smallest absolute Gasteiger partial charge is 0.337 e. The number of carbonyl (C=O) groups excluding carboxylic acids is 1. The fraction of sp³-hybridized carbons (Fsp3) is 0.182. The maximum Gasteiger partial charge on any atom is 0.337 e. The highest BCUT2D eigenvalue weighted by atomic mass is 16.4. The molecule has 17 heavy (non-hydrogen) atoms. The average molecular weight is 237 g/mol. The summed E-state index contributed by atoms with van der Waals surface area (Å²) >= 11 is 0. The number of aromatic carboxylic acids is 2. The van der Waals surface area contributed by atoms with Crippen molar-refractivity contribution in [2.45, 2.75) is 0 Å². The molecule has 0 spiro atoms. The van der Waals surface area contributed by atoms with Gasteiger partial charge in [-0.15, -0.1) is 0 Å². The summed E-state index contributed by atoms with van der Waals surface area (Å²) in [5.74, 6) is -3.37. The van der Waals surface area contributed by atoms with Gasteiger partial charge in [0.05, 0.1) is 16.7 Å². The molecule has 0 aliphatic rings. The number of carboxylic acids is 2. The fourth-order valence-corrected chi connectivity index (χ4v) is 1.38. The maximum absolute atomic E-state index is 11.7. The Morgan fingerprint density at radius 3 is 1.94 bits per heavy atom. The van der Waals surface area contributed by atoms with Gasteiger partial charge in [0.25, 0.3) is 5.91 Å². The number of rotatable bonds is 3. The highest BCUT2D eigenvalue weighted by molar-refractivity contribution is 6.10. The van der Waals surface area contributed by atoms with Crippen LogP contribution in [0.2, 0.25) is 0 Å². The SMILES string of the molecule is CN(C)C(=O)c1cccc(C(=O)O)c1C(=O)O. The van der Waals surface area contributed by atoms with Crippen LogP contribution in [0.15, 0.2) is 18.2 Å². The van der Waals surface area contributed by atoms with Gasteiger partial charge in [-0.1, -0.05) is 6.07 Å². The molecule has 1 aromatic rings. The van der Waals surface area contributed by atoms with Crippen molar-refractivity contribution in [1.29, 1.82) is 0 Å². The molecule has 1 aromatic carbocycles. The van der Waals surface area contributed by atoms with Crippen molar-refractivity contribution in [2.75, 3.05) is 14.1 Å². The summed E-state index contributed by atoms with van der Waals surface area (Å²) in [6.07, 6.45) is 0. The van der Waals surface area contributed by atoms with Gasteiger partial charge in [-0.2, -0.15) is 0 Å². The van der Waals surface area contributed by atoms with Crippen molar-refractivity contribution >= 4 is 17.8 Å². The molecule has 6 nitrogen and oxygen atoms in total. The molecule has 6 heteroatoms. The van der Waals surface area contributed by atoms with Crippen molar-refractivity contribution in [3.8, 4) is 0 Å². The van der Waals surface area contributed by atoms with E-state index in [0.29, 0.717) is 0 Å². The van der Waals surface area contributed by atoms with Gasteiger partial charge in [0.1, 0.15) is 0 Å². The molecule has 90 valence electrons. The topological polar surface area (TPSA) is 94.9 Å². The number of carbonyl (C=O) groups is 3. The van der Waals surface area contributed by atoms with Crippen LogP contribution in [-0.2, 0) is 0 Å². The van der Waals surface area contributed by atoms with E-state index in [4.69, 9.17) is 10.2 Å². The van der Waals surface area contributed by atoms with Crippen molar-refractivity contribution < 1.29 is 24.6 Å². The van der Waals surface area contributed by atoms with Gasteiger partial charge < -0.3 is 15.1 Å². The summed E-state index contributed by atoms with van der Waals surface area (Å²) in [4.78, 5) is 34.8. The summed E-state index contributed by atoms with van der Waals surface area (Å²) in [7, 11) is 2.92. The number of carboxylic acid groups (broad SMARTS) is 2. The van der Waals surface area contributed by atoms with Crippen LogP contribution in [0, 0.1) is 0 Å². The molecule has 0 radical (unpaired) electrons. The molecule has 0 aliphatic carbocycles. The molecule has 0 saturated heterocycles. The molecule has 0 atom stereocenters. The summed E-state index contributed by atoms with van der Waals surface area (Å²) in [5.41, 5.74) is -1.02. The standard InChI is InChI=1S/C11H11NO5/c1-12(2)9(13)6-4-3-5-7(10(14)15)8(6)11(16)17/h3-5H,1-2H3,(H,14,15)(H,16,17). The van der Waals surface area contributed by atoms with E-state index in [0.717, 1.165) is 6.07 Å². The Kier molecular flexibility index (Phi) is 3.47. The molecular weight excluding hydrogens is 226 g/mol. The predicted molar refractivity (Wildman–Crippen MR) is 58.4 cm³/mol. The zero-order valence-electron chi connectivity index (χ0n) is 9.30. The first kappa shape index (κ1) is 12.7. The highest BCUT2D eigenvalue weighted by Crippen LogP contribution is 2.16. The molecule has 1 rings (SSSR count). The van der Waals surface area contributed by atoms with Crippen molar-refractivity contribution in [3.05, 3.63) is 34.9 Å². The minimum Gasteiger partial charge on any atom is -0.478 e. The molecule has 0 heterocycles. The Balaban J connectivity index is 3.51. The van der Waals surface area contributed by atoms with Gasteiger partial charge in [0.15, 0.2) is 0 Å². The van der Waals surface area contributed by atoms with Crippen LogP contribution in [0.1, 0.15) is 31.1 Å². The third kappa shape index (κ3) is 2.41. The lowest BCUT2D eigenvalue weighted by Gasteiger charge is -2.13. The molecule has 0 aromatic heterocycles. The number of amides is 1. The lowest BCUT2D eigenvalue weighted by Crippen LogP contribution is -2.25. The van der Waals surface area contributed by atoms with Gasteiger partial charge in [-0.3, -0.25) is 4.79 Å². The number of benzene rings is 1. The van der Waals surface area contributed by atoms with E-state index in [1.807, 2.05) is 0 Å². The van der Waals surface area contributed by atoms with E-state index in [1.165, 1.54) is 31.1 Å². The molecule has 0 bridgehead atoms. The van der Waals surface area contributed by atoms with Gasteiger partial charge >= 0.3 is 11.9 Å². The van der Waals surface area contributed by atoms with Gasteiger partial charge in [-0.05, 0) is 12.1 Å². The first-order chi connectivity index (χ1) is 7.86. The van der Waals surface area contributed by atoms with Crippen molar-refractivity contribution in [1.82, 2.24) is 4.90 Å². The third-order valence-electron chi connectivity index (χ3n) is 2.15. The molecule has 0 saturated carbocycles. The quantitative estimate of drug-likeness (QED) is 0.810. The highest BCUT2D eigenvalue weighted by Gasteiger charge is 2.24. The maximum atomic E-state index is 11.7. The van der Waals surface area contributed by atoms with E-state index < -0.39 is 29.0 Å². The lowest BCUT2D eigenvalue weighted by molar-refractivity contribution is 0.0646. The largest absolute Gasteiger partial charge is 0.478 e. The van der Waals surface area contributed by atoms with E-state index in [9.17, 15) is 14.4 Å². The normalized spacial score (nSPS) is 9.76. The van der Waals surface area contributed by atoms with Crippen LogP contribution in [0.25, 0.3) is 0 Å². The molecule has 0 unspecified atom stereocenters. The van der Waals surface area contributed by atoms with Crippen LogP contribution < -0.4 is 0 Å². The van der Waals surface area contributed by atoms with Crippen LogP contribution >= 0.6 is 0 Å². The Morgan fingerprint density at radius 1 is 1.00 bits per heavy atom. The fourth-order valence-electron chi connectivity index (χ4n) is 1.38. The zero-order chi connectivity index (χ0) is 13.2. The molecular formula is C11H11NO5. The predicted octanol–water partition coefficient (Wildman–Crippen LogP) is 0.785.